The SMILES string of the molecule is N#C/C(=C\c1c[nH]c2ccccc12)c1nc2ccccc2s1. The molecular weight excluding hydrogens is 290 g/mol. The van der Waals surface area contributed by atoms with E-state index < -0.39 is 0 Å². The Morgan fingerprint density at radius 3 is 2.82 bits per heavy atom. The minimum Gasteiger partial charge on any atom is -0.361 e. The van der Waals surface area contributed by atoms with Crippen LogP contribution in [-0.2, 0) is 0 Å². The molecule has 3 nitrogen and oxygen atoms in total. The largest absolute Gasteiger partial charge is 0.361 e. The van der Waals surface area contributed by atoms with E-state index in [4.69, 9.17) is 0 Å². The first-order valence-corrected chi connectivity index (χ1v) is 7.70. The van der Waals surface area contributed by atoms with E-state index in [1.807, 2.05) is 60.8 Å². The van der Waals surface area contributed by atoms with Gasteiger partial charge in [0.25, 0.3) is 0 Å². The number of benzene rings is 2. The molecule has 0 aliphatic heterocycles. The number of aromatic amines is 1. The summed E-state index contributed by atoms with van der Waals surface area (Å²) in [7, 11) is 0. The maximum absolute atomic E-state index is 9.51. The zero-order valence-corrected chi connectivity index (χ0v) is 12.4. The highest BCUT2D eigenvalue weighted by Crippen LogP contribution is 2.29. The van der Waals surface area contributed by atoms with E-state index in [1.165, 1.54) is 0 Å². The van der Waals surface area contributed by atoms with E-state index in [1.54, 1.807) is 11.3 Å². The van der Waals surface area contributed by atoms with Crippen LogP contribution >= 0.6 is 11.3 Å². The second-order valence-electron chi connectivity index (χ2n) is 4.95. The second-order valence-corrected chi connectivity index (χ2v) is 5.98. The first kappa shape index (κ1) is 12.8. The van der Waals surface area contributed by atoms with E-state index in [-0.39, 0.29) is 0 Å². The van der Waals surface area contributed by atoms with Gasteiger partial charge in [-0.2, -0.15) is 5.26 Å². The molecule has 4 aromatic rings. The number of nitriles is 1. The van der Waals surface area contributed by atoms with E-state index in [2.05, 4.69) is 16.0 Å². The maximum Gasteiger partial charge on any atom is 0.135 e. The van der Waals surface area contributed by atoms with Gasteiger partial charge in [0.05, 0.1) is 15.8 Å². The topological polar surface area (TPSA) is 52.5 Å². The quantitative estimate of drug-likeness (QED) is 0.538. The van der Waals surface area contributed by atoms with E-state index >= 15 is 0 Å². The van der Waals surface area contributed by atoms with Crippen molar-refractivity contribution in [1.82, 2.24) is 9.97 Å². The molecule has 0 saturated carbocycles. The van der Waals surface area contributed by atoms with Crippen LogP contribution in [0.5, 0.6) is 0 Å². The van der Waals surface area contributed by atoms with Gasteiger partial charge in [0.2, 0.25) is 0 Å². The molecule has 0 radical (unpaired) electrons. The number of aromatic nitrogens is 2. The summed E-state index contributed by atoms with van der Waals surface area (Å²) in [6, 6.07) is 18.3. The molecule has 104 valence electrons. The first-order valence-electron chi connectivity index (χ1n) is 6.89. The lowest BCUT2D eigenvalue weighted by Gasteiger charge is -1.94. The van der Waals surface area contributed by atoms with Crippen LogP contribution in [0.25, 0.3) is 32.8 Å². The fourth-order valence-corrected chi connectivity index (χ4v) is 3.43. The average molecular weight is 301 g/mol. The average Bonchev–Trinajstić information content (AvgIpc) is 3.16. The van der Waals surface area contributed by atoms with Crippen LogP contribution in [0.2, 0.25) is 0 Å². The number of para-hydroxylation sites is 2. The molecule has 0 saturated heterocycles. The number of hydrogen-bond donors (Lipinski definition) is 1. The molecule has 22 heavy (non-hydrogen) atoms. The van der Waals surface area contributed by atoms with Crippen molar-refractivity contribution >= 4 is 44.1 Å². The molecule has 2 aromatic carbocycles. The van der Waals surface area contributed by atoms with Crippen LogP contribution in [0, 0.1) is 11.3 Å². The lowest BCUT2D eigenvalue weighted by Crippen LogP contribution is -1.79. The third-order valence-electron chi connectivity index (χ3n) is 3.57. The lowest BCUT2D eigenvalue weighted by molar-refractivity contribution is 1.43. The van der Waals surface area contributed by atoms with Gasteiger partial charge in [-0.15, -0.1) is 11.3 Å². The molecule has 4 heteroatoms. The van der Waals surface area contributed by atoms with Crippen molar-refractivity contribution in [2.24, 2.45) is 0 Å². The van der Waals surface area contributed by atoms with Crippen molar-refractivity contribution in [2.75, 3.05) is 0 Å². The second kappa shape index (κ2) is 5.14. The molecule has 2 heterocycles. The number of nitrogens with zero attached hydrogens (tertiary/aromatic N) is 2. The van der Waals surface area contributed by atoms with Crippen LogP contribution in [0.4, 0.5) is 0 Å². The number of hydrogen-bond acceptors (Lipinski definition) is 3. The smallest absolute Gasteiger partial charge is 0.135 e. The Bertz CT molecular complexity index is 1010. The summed E-state index contributed by atoms with van der Waals surface area (Å²) in [4.78, 5) is 7.79. The normalized spacial score (nSPS) is 11.9. The molecule has 0 atom stereocenters. The number of nitrogens with one attached hydrogen (secondary N) is 1. The van der Waals surface area contributed by atoms with Gasteiger partial charge >= 0.3 is 0 Å². The molecular formula is C18H11N3S. The Morgan fingerprint density at radius 2 is 1.95 bits per heavy atom. The Balaban J connectivity index is 1.86. The zero-order chi connectivity index (χ0) is 14.9. The van der Waals surface area contributed by atoms with Gasteiger partial charge in [-0.1, -0.05) is 30.3 Å². The summed E-state index contributed by atoms with van der Waals surface area (Å²) in [5.41, 5.74) is 3.59. The Hall–Kier alpha value is -2.90. The third-order valence-corrected chi connectivity index (χ3v) is 4.64. The minimum absolute atomic E-state index is 0.589. The number of H-pyrrole nitrogens is 1. The summed E-state index contributed by atoms with van der Waals surface area (Å²) < 4.78 is 1.09. The minimum atomic E-state index is 0.589. The lowest BCUT2D eigenvalue weighted by atomic mass is 10.1. The van der Waals surface area contributed by atoms with Crippen molar-refractivity contribution in [3.05, 3.63) is 65.3 Å². The van der Waals surface area contributed by atoms with E-state index in [9.17, 15) is 5.26 Å². The van der Waals surface area contributed by atoms with Gasteiger partial charge in [0.15, 0.2) is 0 Å². The van der Waals surface area contributed by atoms with Crippen LogP contribution in [0.15, 0.2) is 54.7 Å². The summed E-state index contributed by atoms with van der Waals surface area (Å²) in [6.45, 7) is 0. The predicted molar refractivity (Wildman–Crippen MR) is 91.4 cm³/mol. The number of rotatable bonds is 2. The first-order chi connectivity index (χ1) is 10.8. The monoisotopic (exact) mass is 301 g/mol. The predicted octanol–water partition coefficient (Wildman–Crippen LogP) is 4.84. The molecule has 0 amide bonds. The van der Waals surface area contributed by atoms with Gasteiger partial charge in [0, 0.05) is 22.7 Å². The zero-order valence-electron chi connectivity index (χ0n) is 11.6. The fraction of sp³-hybridized carbons (Fsp3) is 0. The van der Waals surface area contributed by atoms with Crippen LogP contribution < -0.4 is 0 Å². The maximum atomic E-state index is 9.51. The number of allylic oxidation sites excluding steroid dienone is 1. The Labute approximate surface area is 131 Å². The van der Waals surface area contributed by atoms with Crippen molar-refractivity contribution in [2.45, 2.75) is 0 Å². The molecule has 1 N–H and O–H groups in total. The number of thiazole rings is 1. The van der Waals surface area contributed by atoms with Crippen molar-refractivity contribution in [3.8, 4) is 6.07 Å². The summed E-state index contributed by atoms with van der Waals surface area (Å²) >= 11 is 1.55. The molecule has 0 bridgehead atoms. The van der Waals surface area contributed by atoms with Crippen molar-refractivity contribution in [3.63, 3.8) is 0 Å². The highest BCUT2D eigenvalue weighted by atomic mass is 32.1. The third kappa shape index (κ3) is 2.09. The highest BCUT2D eigenvalue weighted by molar-refractivity contribution is 7.19. The van der Waals surface area contributed by atoms with Gasteiger partial charge in [-0.25, -0.2) is 4.98 Å². The van der Waals surface area contributed by atoms with Gasteiger partial charge in [-0.3, -0.25) is 0 Å². The fourth-order valence-electron chi connectivity index (χ4n) is 2.50. The molecule has 0 unspecified atom stereocenters. The molecule has 4 rings (SSSR count). The highest BCUT2D eigenvalue weighted by Gasteiger charge is 2.09. The summed E-state index contributed by atoms with van der Waals surface area (Å²) in [5, 5.41) is 11.4. The molecule has 0 spiro atoms. The standard InChI is InChI=1S/C18H11N3S/c19-10-12(18-21-16-7-3-4-8-17(16)22-18)9-13-11-20-15-6-2-1-5-14(13)15/h1-9,11,20H/b12-9+. The van der Waals surface area contributed by atoms with Gasteiger partial charge < -0.3 is 4.98 Å². The van der Waals surface area contributed by atoms with Gasteiger partial charge in [0.1, 0.15) is 11.1 Å². The number of fused-ring (bicyclic) bond motifs is 2. The van der Waals surface area contributed by atoms with Crippen molar-refractivity contribution < 1.29 is 0 Å². The van der Waals surface area contributed by atoms with E-state index in [0.29, 0.717) is 5.57 Å². The molecule has 2 aromatic heterocycles. The van der Waals surface area contributed by atoms with Crippen LogP contribution in [0.1, 0.15) is 10.6 Å². The van der Waals surface area contributed by atoms with Crippen LogP contribution in [-0.4, -0.2) is 9.97 Å². The Morgan fingerprint density at radius 1 is 1.14 bits per heavy atom. The summed E-state index contributed by atoms with van der Waals surface area (Å²) in [6.07, 6.45) is 3.83. The van der Waals surface area contributed by atoms with E-state index in [0.717, 1.165) is 31.7 Å². The van der Waals surface area contributed by atoms with Crippen molar-refractivity contribution in [1.29, 1.82) is 5.26 Å². The summed E-state index contributed by atoms with van der Waals surface area (Å²) in [5.74, 6) is 0. The molecule has 0 aliphatic rings. The Kier molecular flexibility index (Phi) is 2.99. The van der Waals surface area contributed by atoms with Gasteiger partial charge in [-0.05, 0) is 24.3 Å². The van der Waals surface area contributed by atoms with Crippen LogP contribution in [0.3, 0.4) is 0 Å². The molecule has 0 fully saturated rings. The molecule has 0 aliphatic carbocycles.